The minimum atomic E-state index is -0.888. The number of nitrogens with one attached hydrogen (secondary N) is 1. The number of aromatic nitrogens is 4. The van der Waals surface area contributed by atoms with Crippen LogP contribution in [0.1, 0.15) is 19.3 Å². The van der Waals surface area contributed by atoms with E-state index in [2.05, 4.69) is 20.5 Å². The van der Waals surface area contributed by atoms with Gasteiger partial charge in [0.2, 0.25) is 5.65 Å². The molecule has 0 spiro atoms. The highest BCUT2D eigenvalue weighted by atomic mass is 16.4. The summed E-state index contributed by atoms with van der Waals surface area (Å²) in [6.45, 7) is 0. The van der Waals surface area contributed by atoms with Gasteiger partial charge in [0.1, 0.15) is 11.9 Å². The molecule has 1 saturated carbocycles. The average Bonchev–Trinajstić information content (AvgIpc) is 2.71. The summed E-state index contributed by atoms with van der Waals surface area (Å²) in [5.74, 6) is -0.376. The Morgan fingerprint density at radius 2 is 2.35 bits per heavy atom. The van der Waals surface area contributed by atoms with Crippen molar-refractivity contribution in [1.29, 1.82) is 0 Å². The fourth-order valence-electron chi connectivity index (χ4n) is 2.00. The zero-order valence-electron chi connectivity index (χ0n) is 9.00. The first-order valence-electron chi connectivity index (χ1n) is 5.37. The lowest BCUT2D eigenvalue weighted by Crippen LogP contribution is -2.52. The van der Waals surface area contributed by atoms with Crippen LogP contribution in [0.2, 0.25) is 0 Å². The van der Waals surface area contributed by atoms with Crippen molar-refractivity contribution in [2.45, 2.75) is 24.8 Å². The number of carboxylic acids is 1. The van der Waals surface area contributed by atoms with Crippen LogP contribution < -0.4 is 5.32 Å². The van der Waals surface area contributed by atoms with E-state index in [1.165, 1.54) is 0 Å². The van der Waals surface area contributed by atoms with Crippen LogP contribution in [-0.4, -0.2) is 36.2 Å². The smallest absolute Gasteiger partial charge is 0.329 e. The third-order valence-corrected chi connectivity index (χ3v) is 3.19. The predicted octanol–water partition coefficient (Wildman–Crippen LogP) is 0.543. The maximum Gasteiger partial charge on any atom is 0.329 e. The van der Waals surface area contributed by atoms with E-state index in [0.717, 1.165) is 6.42 Å². The number of rotatable bonds is 3. The molecule has 0 radical (unpaired) electrons. The molecule has 0 aliphatic heterocycles. The van der Waals surface area contributed by atoms with Crippen LogP contribution in [0.25, 0.3) is 5.65 Å². The average molecular weight is 233 g/mol. The molecular formula is C10H11N5O2. The van der Waals surface area contributed by atoms with Crippen LogP contribution in [0.3, 0.4) is 0 Å². The molecule has 0 saturated heterocycles. The zero-order chi connectivity index (χ0) is 11.9. The molecule has 2 heterocycles. The number of hydrogen-bond acceptors (Lipinski definition) is 5. The molecule has 2 aromatic heterocycles. The Morgan fingerprint density at radius 1 is 1.53 bits per heavy atom. The summed E-state index contributed by atoms with van der Waals surface area (Å²) in [5.41, 5.74) is -0.346. The fraction of sp³-hybridized carbons (Fsp3) is 0.400. The number of fused-ring (bicyclic) bond motifs is 1. The van der Waals surface area contributed by atoms with Gasteiger partial charge in [-0.3, -0.25) is 4.40 Å². The molecule has 0 unspecified atom stereocenters. The Labute approximate surface area is 96.5 Å². The van der Waals surface area contributed by atoms with Gasteiger partial charge in [-0.25, -0.2) is 9.78 Å². The first-order chi connectivity index (χ1) is 8.21. The molecule has 0 bridgehead atoms. The van der Waals surface area contributed by atoms with Crippen LogP contribution >= 0.6 is 0 Å². The summed E-state index contributed by atoms with van der Waals surface area (Å²) >= 11 is 0. The molecule has 7 heteroatoms. The Bertz CT molecular complexity index is 575. The first-order valence-corrected chi connectivity index (χ1v) is 5.37. The van der Waals surface area contributed by atoms with E-state index in [-0.39, 0.29) is 0 Å². The molecule has 1 aliphatic carbocycles. The number of aliphatic carboxylic acids is 1. The van der Waals surface area contributed by atoms with Crippen molar-refractivity contribution in [3.05, 3.63) is 18.7 Å². The van der Waals surface area contributed by atoms with Crippen molar-refractivity contribution in [2.24, 2.45) is 0 Å². The highest BCUT2D eigenvalue weighted by Gasteiger charge is 2.45. The zero-order valence-corrected chi connectivity index (χ0v) is 9.00. The summed E-state index contributed by atoms with van der Waals surface area (Å²) < 4.78 is 1.70. The van der Waals surface area contributed by atoms with E-state index in [0.29, 0.717) is 24.3 Å². The summed E-state index contributed by atoms with van der Waals surface area (Å²) in [4.78, 5) is 15.4. The minimum absolute atomic E-state index is 0.465. The van der Waals surface area contributed by atoms with Gasteiger partial charge in [0, 0.05) is 12.4 Å². The van der Waals surface area contributed by atoms with Gasteiger partial charge in [0.15, 0.2) is 5.82 Å². The monoisotopic (exact) mass is 233 g/mol. The van der Waals surface area contributed by atoms with Gasteiger partial charge in [-0.2, -0.15) is 0 Å². The van der Waals surface area contributed by atoms with Crippen molar-refractivity contribution in [2.75, 3.05) is 5.32 Å². The second-order valence-corrected chi connectivity index (χ2v) is 4.20. The maximum atomic E-state index is 11.2. The lowest BCUT2D eigenvalue weighted by atomic mass is 9.77. The summed E-state index contributed by atoms with van der Waals surface area (Å²) in [6, 6.07) is 0. The van der Waals surface area contributed by atoms with Crippen LogP contribution in [0.4, 0.5) is 5.82 Å². The summed E-state index contributed by atoms with van der Waals surface area (Å²) in [6.07, 6.45) is 6.99. The van der Waals surface area contributed by atoms with Crippen molar-refractivity contribution in [3.8, 4) is 0 Å². The highest BCUT2D eigenvalue weighted by molar-refractivity contribution is 5.85. The Morgan fingerprint density at radius 3 is 3.00 bits per heavy atom. The Balaban J connectivity index is 1.99. The van der Waals surface area contributed by atoms with E-state index in [4.69, 9.17) is 0 Å². The fourth-order valence-corrected chi connectivity index (χ4v) is 2.00. The predicted molar refractivity (Wildman–Crippen MR) is 58.6 cm³/mol. The Hall–Kier alpha value is -2.18. The van der Waals surface area contributed by atoms with Crippen LogP contribution in [0.5, 0.6) is 0 Å². The largest absolute Gasteiger partial charge is 0.480 e. The molecule has 2 N–H and O–H groups in total. The van der Waals surface area contributed by atoms with E-state index in [1.807, 2.05) is 0 Å². The van der Waals surface area contributed by atoms with E-state index in [9.17, 15) is 9.90 Å². The van der Waals surface area contributed by atoms with Gasteiger partial charge >= 0.3 is 5.97 Å². The normalized spacial score (nSPS) is 17.6. The second kappa shape index (κ2) is 3.41. The van der Waals surface area contributed by atoms with E-state index < -0.39 is 11.5 Å². The molecule has 1 fully saturated rings. The van der Waals surface area contributed by atoms with Gasteiger partial charge in [-0.15, -0.1) is 10.2 Å². The second-order valence-electron chi connectivity index (χ2n) is 4.20. The molecular weight excluding hydrogens is 222 g/mol. The molecule has 0 atom stereocenters. The number of nitrogens with zero attached hydrogens (tertiary/aromatic N) is 4. The molecule has 88 valence electrons. The van der Waals surface area contributed by atoms with Crippen LogP contribution in [-0.2, 0) is 4.79 Å². The maximum absolute atomic E-state index is 11.2. The number of carbonyl (C=O) groups is 1. The van der Waals surface area contributed by atoms with Gasteiger partial charge in [-0.05, 0) is 19.3 Å². The van der Waals surface area contributed by atoms with Gasteiger partial charge in [0.05, 0.1) is 0 Å². The molecule has 2 aromatic rings. The molecule has 0 aromatic carbocycles. The van der Waals surface area contributed by atoms with Crippen molar-refractivity contribution in [1.82, 2.24) is 19.6 Å². The SMILES string of the molecule is O=C(O)C1(Nc2nccn3cnnc23)CCC1. The third kappa shape index (κ3) is 1.42. The summed E-state index contributed by atoms with van der Waals surface area (Å²) in [7, 11) is 0. The number of carboxylic acid groups (broad SMARTS) is 1. The van der Waals surface area contributed by atoms with Crippen molar-refractivity contribution < 1.29 is 9.90 Å². The number of anilines is 1. The van der Waals surface area contributed by atoms with Crippen molar-refractivity contribution >= 4 is 17.4 Å². The molecule has 1 aliphatic rings. The minimum Gasteiger partial charge on any atom is -0.480 e. The standard InChI is InChI=1S/C10H11N5O2/c16-9(17)10(2-1-3-10)13-7-8-14-12-6-15(8)5-4-11-7/h4-6H,1-3H2,(H,11,13)(H,16,17). The van der Waals surface area contributed by atoms with Crippen LogP contribution in [0, 0.1) is 0 Å². The highest BCUT2D eigenvalue weighted by Crippen LogP contribution is 2.35. The van der Waals surface area contributed by atoms with Gasteiger partial charge in [-0.1, -0.05) is 0 Å². The van der Waals surface area contributed by atoms with E-state index in [1.54, 1.807) is 23.1 Å². The number of hydrogen-bond donors (Lipinski definition) is 2. The topological polar surface area (TPSA) is 92.4 Å². The molecule has 3 rings (SSSR count). The lowest BCUT2D eigenvalue weighted by Gasteiger charge is -2.38. The van der Waals surface area contributed by atoms with Crippen molar-refractivity contribution in [3.63, 3.8) is 0 Å². The molecule has 17 heavy (non-hydrogen) atoms. The molecule has 7 nitrogen and oxygen atoms in total. The first kappa shape index (κ1) is 10.0. The third-order valence-electron chi connectivity index (χ3n) is 3.19. The molecule has 0 amide bonds. The van der Waals surface area contributed by atoms with Gasteiger partial charge < -0.3 is 10.4 Å². The lowest BCUT2D eigenvalue weighted by molar-refractivity contribution is -0.145. The van der Waals surface area contributed by atoms with E-state index >= 15 is 0 Å². The quantitative estimate of drug-likeness (QED) is 0.804. The van der Waals surface area contributed by atoms with Crippen LogP contribution in [0.15, 0.2) is 18.7 Å². The summed E-state index contributed by atoms with van der Waals surface area (Å²) in [5, 5.41) is 19.9. The van der Waals surface area contributed by atoms with Gasteiger partial charge in [0.25, 0.3) is 0 Å². The Kier molecular flexibility index (Phi) is 2.01.